The fourth-order valence-corrected chi connectivity index (χ4v) is 1.62. The second-order valence-electron chi connectivity index (χ2n) is 5.88. The Balaban J connectivity index is 2.78. The maximum atomic E-state index is 11.7. The molecule has 0 radical (unpaired) electrons. The summed E-state index contributed by atoms with van der Waals surface area (Å²) in [4.78, 5) is 16.0. The van der Waals surface area contributed by atoms with Crippen LogP contribution in [0.4, 0.5) is 5.13 Å². The first-order valence-electron chi connectivity index (χ1n) is 5.26. The van der Waals surface area contributed by atoms with Gasteiger partial charge in [0.05, 0.1) is 0 Å². The van der Waals surface area contributed by atoms with Crippen LogP contribution in [-0.2, 0) is 10.2 Å². The molecule has 1 amide bonds. The number of nitrogens with one attached hydrogen (secondary N) is 1. The fourth-order valence-electron chi connectivity index (χ4n) is 0.864. The zero-order valence-electron chi connectivity index (χ0n) is 10.7. The van der Waals surface area contributed by atoms with Crippen molar-refractivity contribution in [3.05, 3.63) is 5.82 Å². The average Bonchev–Trinajstić information content (AvgIpc) is 2.49. The van der Waals surface area contributed by atoms with Gasteiger partial charge in [-0.15, -0.1) is 0 Å². The standard InChI is InChI=1S/C11H19N3OS/c1-10(2,3)7-12-9(16-14-7)13-8(15)11(4,5)6/h1-6H3,(H,12,13,14,15). The SMILES string of the molecule is CC(C)(C)C(=O)Nc1nc(C(C)(C)C)ns1. The molecule has 0 saturated heterocycles. The number of aromatic nitrogens is 2. The third kappa shape index (κ3) is 3.27. The molecule has 4 nitrogen and oxygen atoms in total. The minimum atomic E-state index is -0.409. The van der Waals surface area contributed by atoms with E-state index < -0.39 is 5.41 Å². The van der Waals surface area contributed by atoms with Crippen LogP contribution in [0.3, 0.4) is 0 Å². The van der Waals surface area contributed by atoms with Gasteiger partial charge in [-0.2, -0.15) is 4.37 Å². The lowest BCUT2D eigenvalue weighted by atomic mass is 9.96. The molecular weight excluding hydrogens is 222 g/mol. The highest BCUT2D eigenvalue weighted by molar-refractivity contribution is 7.09. The molecule has 0 aliphatic heterocycles. The predicted molar refractivity (Wildman–Crippen MR) is 66.7 cm³/mol. The van der Waals surface area contributed by atoms with Crippen LogP contribution in [0.1, 0.15) is 47.4 Å². The third-order valence-corrected chi connectivity index (χ3v) is 2.63. The van der Waals surface area contributed by atoms with E-state index in [2.05, 4.69) is 14.7 Å². The molecule has 0 aliphatic carbocycles. The normalized spacial score (nSPS) is 12.6. The molecule has 0 aromatic carbocycles. The Morgan fingerprint density at radius 3 is 2.12 bits per heavy atom. The summed E-state index contributed by atoms with van der Waals surface area (Å²) in [6.07, 6.45) is 0. The molecule has 1 aromatic rings. The van der Waals surface area contributed by atoms with Crippen molar-refractivity contribution in [3.63, 3.8) is 0 Å². The Labute approximate surface area is 101 Å². The van der Waals surface area contributed by atoms with E-state index in [1.54, 1.807) is 0 Å². The van der Waals surface area contributed by atoms with Gasteiger partial charge in [0.1, 0.15) is 5.82 Å². The number of rotatable bonds is 1. The van der Waals surface area contributed by atoms with Crippen molar-refractivity contribution in [1.29, 1.82) is 0 Å². The van der Waals surface area contributed by atoms with Gasteiger partial charge in [0.15, 0.2) is 0 Å². The second-order valence-corrected chi connectivity index (χ2v) is 6.63. The van der Waals surface area contributed by atoms with E-state index in [9.17, 15) is 4.79 Å². The molecule has 0 saturated carbocycles. The van der Waals surface area contributed by atoms with E-state index in [0.29, 0.717) is 5.13 Å². The number of carbonyl (C=O) groups is 1. The minimum absolute atomic E-state index is 0.0379. The molecule has 0 atom stereocenters. The molecule has 1 rings (SSSR count). The van der Waals surface area contributed by atoms with Crippen molar-refractivity contribution in [1.82, 2.24) is 9.36 Å². The summed E-state index contributed by atoms with van der Waals surface area (Å²) in [7, 11) is 0. The van der Waals surface area contributed by atoms with Crippen molar-refractivity contribution >= 4 is 22.6 Å². The van der Waals surface area contributed by atoms with Crippen LogP contribution >= 0.6 is 11.5 Å². The van der Waals surface area contributed by atoms with Crippen molar-refractivity contribution in [2.24, 2.45) is 5.41 Å². The molecule has 0 fully saturated rings. The number of carbonyl (C=O) groups excluding carboxylic acids is 1. The molecule has 0 spiro atoms. The molecule has 1 aromatic heterocycles. The van der Waals surface area contributed by atoms with Gasteiger partial charge in [-0.1, -0.05) is 41.5 Å². The minimum Gasteiger partial charge on any atom is -0.300 e. The Morgan fingerprint density at radius 1 is 1.19 bits per heavy atom. The smallest absolute Gasteiger partial charge is 0.231 e. The maximum Gasteiger partial charge on any atom is 0.231 e. The van der Waals surface area contributed by atoms with Gasteiger partial charge < -0.3 is 5.32 Å². The van der Waals surface area contributed by atoms with Gasteiger partial charge in [0, 0.05) is 22.4 Å². The Morgan fingerprint density at radius 2 is 1.75 bits per heavy atom. The first-order valence-corrected chi connectivity index (χ1v) is 6.04. The van der Waals surface area contributed by atoms with E-state index in [1.165, 1.54) is 11.5 Å². The van der Waals surface area contributed by atoms with Crippen molar-refractivity contribution < 1.29 is 4.79 Å². The Kier molecular flexibility index (Phi) is 3.38. The van der Waals surface area contributed by atoms with Crippen LogP contribution in [-0.4, -0.2) is 15.3 Å². The molecule has 90 valence electrons. The fraction of sp³-hybridized carbons (Fsp3) is 0.727. The number of anilines is 1. The summed E-state index contributed by atoms with van der Waals surface area (Å²) in [5.74, 6) is 0.728. The molecule has 16 heavy (non-hydrogen) atoms. The highest BCUT2D eigenvalue weighted by Crippen LogP contribution is 2.24. The highest BCUT2D eigenvalue weighted by Gasteiger charge is 2.24. The largest absolute Gasteiger partial charge is 0.300 e. The molecule has 1 N–H and O–H groups in total. The monoisotopic (exact) mass is 241 g/mol. The highest BCUT2D eigenvalue weighted by atomic mass is 32.1. The number of amides is 1. The third-order valence-electron chi connectivity index (χ3n) is 2.00. The number of nitrogens with zero attached hydrogens (tertiary/aromatic N) is 2. The lowest BCUT2D eigenvalue weighted by molar-refractivity contribution is -0.123. The molecular formula is C11H19N3OS. The Bertz CT molecular complexity index is 385. The molecule has 0 unspecified atom stereocenters. The topological polar surface area (TPSA) is 54.9 Å². The zero-order chi connectivity index (χ0) is 12.6. The van der Waals surface area contributed by atoms with Gasteiger partial charge in [0.2, 0.25) is 11.0 Å². The van der Waals surface area contributed by atoms with Gasteiger partial charge >= 0.3 is 0 Å². The van der Waals surface area contributed by atoms with Crippen LogP contribution in [0, 0.1) is 5.41 Å². The van der Waals surface area contributed by atoms with E-state index in [1.807, 2.05) is 41.5 Å². The summed E-state index contributed by atoms with van der Waals surface area (Å²) in [6, 6.07) is 0. The summed E-state index contributed by atoms with van der Waals surface area (Å²) < 4.78 is 4.24. The van der Waals surface area contributed by atoms with Crippen LogP contribution < -0.4 is 5.32 Å². The number of hydrogen-bond donors (Lipinski definition) is 1. The van der Waals surface area contributed by atoms with Crippen molar-refractivity contribution in [3.8, 4) is 0 Å². The first kappa shape index (κ1) is 13.1. The molecule has 1 heterocycles. The summed E-state index contributed by atoms with van der Waals surface area (Å²) in [6.45, 7) is 11.7. The predicted octanol–water partition coefficient (Wildman–Crippen LogP) is 2.82. The molecule has 0 aliphatic rings. The second kappa shape index (κ2) is 4.13. The van der Waals surface area contributed by atoms with Gasteiger partial charge in [-0.05, 0) is 0 Å². The summed E-state index contributed by atoms with van der Waals surface area (Å²) >= 11 is 1.23. The van der Waals surface area contributed by atoms with E-state index in [0.717, 1.165) is 5.82 Å². The van der Waals surface area contributed by atoms with E-state index >= 15 is 0 Å². The maximum absolute atomic E-state index is 11.7. The van der Waals surface area contributed by atoms with Crippen molar-refractivity contribution in [2.45, 2.75) is 47.0 Å². The number of hydrogen-bond acceptors (Lipinski definition) is 4. The zero-order valence-corrected chi connectivity index (χ0v) is 11.5. The molecule has 5 heteroatoms. The summed E-state index contributed by atoms with van der Waals surface area (Å²) in [5, 5.41) is 3.35. The van der Waals surface area contributed by atoms with Crippen LogP contribution in [0.15, 0.2) is 0 Å². The quantitative estimate of drug-likeness (QED) is 0.822. The van der Waals surface area contributed by atoms with Crippen LogP contribution in [0.2, 0.25) is 0 Å². The van der Waals surface area contributed by atoms with Gasteiger partial charge in [0.25, 0.3) is 0 Å². The van der Waals surface area contributed by atoms with Crippen molar-refractivity contribution in [2.75, 3.05) is 5.32 Å². The first-order chi connectivity index (χ1) is 7.10. The van der Waals surface area contributed by atoms with E-state index in [-0.39, 0.29) is 11.3 Å². The van der Waals surface area contributed by atoms with Gasteiger partial charge in [-0.3, -0.25) is 4.79 Å². The molecule has 0 bridgehead atoms. The summed E-state index contributed by atoms with van der Waals surface area (Å²) in [5.41, 5.74) is -0.491. The van der Waals surface area contributed by atoms with Gasteiger partial charge in [-0.25, -0.2) is 4.98 Å². The van der Waals surface area contributed by atoms with Crippen LogP contribution in [0.25, 0.3) is 0 Å². The van der Waals surface area contributed by atoms with E-state index in [4.69, 9.17) is 0 Å². The lowest BCUT2D eigenvalue weighted by Gasteiger charge is -2.16. The lowest BCUT2D eigenvalue weighted by Crippen LogP contribution is -2.27. The Hall–Kier alpha value is -0.970. The average molecular weight is 241 g/mol. The van der Waals surface area contributed by atoms with Crippen LogP contribution in [0.5, 0.6) is 0 Å².